The monoisotopic (exact) mass is 381 g/mol. The number of anilines is 1. The van der Waals surface area contributed by atoms with Crippen LogP contribution in [0.1, 0.15) is 11.6 Å². The fraction of sp³-hybridized carbons (Fsp3) is 0.214. The molecule has 0 saturated carbocycles. The van der Waals surface area contributed by atoms with Gasteiger partial charge in [-0.2, -0.15) is 0 Å². The lowest BCUT2D eigenvalue weighted by Crippen LogP contribution is -2.17. The molecule has 3 rings (SSSR count). The second-order valence-corrected chi connectivity index (χ2v) is 5.32. The number of amidine groups is 1. The number of aliphatic imine (C=N–C) groups is 1. The van der Waals surface area contributed by atoms with Crippen molar-refractivity contribution in [2.24, 2.45) is 10.7 Å². The van der Waals surface area contributed by atoms with Crippen LogP contribution in [0.4, 0.5) is 16.1 Å². The van der Waals surface area contributed by atoms with Gasteiger partial charge in [0.05, 0.1) is 17.3 Å². The van der Waals surface area contributed by atoms with Crippen LogP contribution in [0, 0.1) is 12.7 Å². The first kappa shape index (κ1) is 17.6. The average Bonchev–Trinajstić information content (AvgIpc) is 3.24. The lowest BCUT2D eigenvalue weighted by Gasteiger charge is -2.04. The fourth-order valence-electron chi connectivity index (χ4n) is 1.85. The van der Waals surface area contributed by atoms with Crippen molar-refractivity contribution in [2.45, 2.75) is 6.92 Å². The maximum absolute atomic E-state index is 13.2. The van der Waals surface area contributed by atoms with Gasteiger partial charge in [-0.25, -0.2) is 14.0 Å². The predicted octanol–water partition coefficient (Wildman–Crippen LogP) is 2.08. The summed E-state index contributed by atoms with van der Waals surface area (Å²) >= 11 is 5.71. The number of nitrogens with one attached hydrogen (secondary N) is 1. The Morgan fingerprint density at radius 3 is 2.96 bits per heavy atom. The van der Waals surface area contributed by atoms with E-state index >= 15 is 0 Å². The maximum atomic E-state index is 13.2. The third-order valence-electron chi connectivity index (χ3n) is 3.00. The third kappa shape index (κ3) is 4.25. The number of nitrogens with zero attached hydrogens (tertiary/aromatic N) is 5. The van der Waals surface area contributed by atoms with Gasteiger partial charge in [0, 0.05) is 6.92 Å². The van der Waals surface area contributed by atoms with Gasteiger partial charge in [0.15, 0.2) is 5.84 Å². The van der Waals surface area contributed by atoms with E-state index in [1.807, 2.05) is 0 Å². The van der Waals surface area contributed by atoms with Crippen LogP contribution in [0.5, 0.6) is 5.88 Å². The van der Waals surface area contributed by atoms with E-state index in [1.165, 1.54) is 18.2 Å². The van der Waals surface area contributed by atoms with Crippen LogP contribution in [-0.4, -0.2) is 39.5 Å². The highest BCUT2D eigenvalue weighted by Gasteiger charge is 2.16. The molecule has 2 aromatic heterocycles. The van der Waals surface area contributed by atoms with Crippen LogP contribution < -0.4 is 15.8 Å². The van der Waals surface area contributed by atoms with Crippen molar-refractivity contribution in [3.05, 3.63) is 40.6 Å². The molecular formula is C14H13ClFN7O3. The molecule has 0 amide bonds. The Labute approximate surface area is 151 Å². The van der Waals surface area contributed by atoms with Gasteiger partial charge in [0.25, 0.3) is 5.88 Å². The van der Waals surface area contributed by atoms with Crippen molar-refractivity contribution >= 4 is 29.1 Å². The number of halogens is 2. The van der Waals surface area contributed by atoms with E-state index in [-0.39, 0.29) is 35.1 Å². The lowest BCUT2D eigenvalue weighted by atomic mass is 10.3. The topological polar surface area (TPSA) is 137 Å². The van der Waals surface area contributed by atoms with Gasteiger partial charge in [-0.15, -0.1) is 5.10 Å². The van der Waals surface area contributed by atoms with E-state index in [2.05, 4.69) is 35.4 Å². The normalized spacial score (nSPS) is 11.6. The zero-order valence-corrected chi connectivity index (χ0v) is 14.2. The van der Waals surface area contributed by atoms with Crippen molar-refractivity contribution in [2.75, 3.05) is 18.5 Å². The number of aryl methyl sites for hydroxylation is 1. The molecule has 0 aliphatic heterocycles. The molecule has 0 atom stereocenters. The number of hydrogen-bond acceptors (Lipinski definition) is 9. The molecular weight excluding hydrogens is 369 g/mol. The smallest absolute Gasteiger partial charge is 0.315 e. The number of benzene rings is 1. The molecule has 1 aromatic carbocycles. The Bertz CT molecular complexity index is 927. The van der Waals surface area contributed by atoms with Crippen LogP contribution in [0.15, 0.2) is 32.2 Å². The standard InChI is InChI=1S/C14H13ClFN7O3/c1-7-20-21-14(25-7)18-4-5-24-13-11(22-26-23-13)12(17)19-8-2-3-10(16)9(15)6-8/h2-3,6H,4-5H2,1H3,(H2,17,19)(H,18,21). The molecule has 3 aromatic rings. The van der Waals surface area contributed by atoms with Gasteiger partial charge in [-0.1, -0.05) is 16.7 Å². The van der Waals surface area contributed by atoms with Crippen LogP contribution in [0.3, 0.4) is 0 Å². The molecule has 136 valence electrons. The van der Waals surface area contributed by atoms with Gasteiger partial charge in [0.1, 0.15) is 12.4 Å². The highest BCUT2D eigenvalue weighted by atomic mass is 35.5. The Kier molecular flexibility index (Phi) is 5.27. The molecule has 0 fully saturated rings. The second-order valence-electron chi connectivity index (χ2n) is 4.91. The molecule has 0 spiro atoms. The van der Waals surface area contributed by atoms with Crippen molar-refractivity contribution in [1.82, 2.24) is 20.5 Å². The molecule has 3 N–H and O–H groups in total. The van der Waals surface area contributed by atoms with Gasteiger partial charge in [0.2, 0.25) is 11.6 Å². The van der Waals surface area contributed by atoms with Crippen molar-refractivity contribution in [3.8, 4) is 5.88 Å². The van der Waals surface area contributed by atoms with E-state index in [9.17, 15) is 4.39 Å². The summed E-state index contributed by atoms with van der Waals surface area (Å²) in [5.41, 5.74) is 6.33. The first-order valence-electron chi connectivity index (χ1n) is 7.32. The van der Waals surface area contributed by atoms with Crippen LogP contribution in [-0.2, 0) is 0 Å². The zero-order chi connectivity index (χ0) is 18.5. The molecule has 12 heteroatoms. The molecule has 0 saturated heterocycles. The summed E-state index contributed by atoms with van der Waals surface area (Å²) in [6.07, 6.45) is 0. The summed E-state index contributed by atoms with van der Waals surface area (Å²) in [6.45, 7) is 2.23. The van der Waals surface area contributed by atoms with E-state index in [0.29, 0.717) is 18.1 Å². The van der Waals surface area contributed by atoms with E-state index < -0.39 is 5.82 Å². The zero-order valence-electron chi connectivity index (χ0n) is 13.4. The molecule has 26 heavy (non-hydrogen) atoms. The highest BCUT2D eigenvalue weighted by Crippen LogP contribution is 2.22. The van der Waals surface area contributed by atoms with Gasteiger partial charge in [-0.05, 0) is 28.5 Å². The summed E-state index contributed by atoms with van der Waals surface area (Å²) < 4.78 is 28.4. The minimum absolute atomic E-state index is 0.0237. The number of ether oxygens (including phenoxy) is 1. The predicted molar refractivity (Wildman–Crippen MR) is 89.1 cm³/mol. The Morgan fingerprint density at radius 1 is 1.38 bits per heavy atom. The molecule has 0 bridgehead atoms. The molecule has 0 aliphatic rings. The largest absolute Gasteiger partial charge is 0.472 e. The van der Waals surface area contributed by atoms with E-state index in [4.69, 9.17) is 26.5 Å². The number of rotatable bonds is 7. The highest BCUT2D eigenvalue weighted by molar-refractivity contribution is 6.31. The van der Waals surface area contributed by atoms with Crippen LogP contribution >= 0.6 is 11.6 Å². The number of hydrogen-bond donors (Lipinski definition) is 2. The minimum atomic E-state index is -0.555. The average molecular weight is 382 g/mol. The van der Waals surface area contributed by atoms with Crippen LogP contribution in [0.2, 0.25) is 5.02 Å². The molecule has 0 unspecified atom stereocenters. The van der Waals surface area contributed by atoms with Crippen LogP contribution in [0.25, 0.3) is 0 Å². The first-order valence-corrected chi connectivity index (χ1v) is 7.69. The summed E-state index contributed by atoms with van der Waals surface area (Å²) in [5, 5.41) is 17.5. The van der Waals surface area contributed by atoms with Gasteiger partial charge >= 0.3 is 6.01 Å². The molecule has 10 nitrogen and oxygen atoms in total. The quantitative estimate of drug-likeness (QED) is 0.357. The van der Waals surface area contributed by atoms with Crippen molar-refractivity contribution < 1.29 is 18.2 Å². The van der Waals surface area contributed by atoms with Crippen molar-refractivity contribution in [3.63, 3.8) is 0 Å². The molecule has 2 heterocycles. The van der Waals surface area contributed by atoms with Gasteiger partial charge in [-0.3, -0.25) is 0 Å². The summed E-state index contributed by atoms with van der Waals surface area (Å²) in [7, 11) is 0. The number of aromatic nitrogens is 4. The summed E-state index contributed by atoms with van der Waals surface area (Å²) in [5.74, 6) is -0.0751. The summed E-state index contributed by atoms with van der Waals surface area (Å²) in [6, 6.07) is 4.20. The van der Waals surface area contributed by atoms with E-state index in [1.54, 1.807) is 6.92 Å². The van der Waals surface area contributed by atoms with E-state index in [0.717, 1.165) is 0 Å². The van der Waals surface area contributed by atoms with Gasteiger partial charge < -0.3 is 20.2 Å². The molecule has 0 aliphatic carbocycles. The first-order chi connectivity index (χ1) is 12.5. The van der Waals surface area contributed by atoms with Crippen molar-refractivity contribution in [1.29, 1.82) is 0 Å². The lowest BCUT2D eigenvalue weighted by molar-refractivity contribution is 0.261. The Balaban J connectivity index is 1.61. The second kappa shape index (κ2) is 7.78. The fourth-order valence-corrected chi connectivity index (χ4v) is 2.03. The Hall–Kier alpha value is -3.21. The third-order valence-corrected chi connectivity index (χ3v) is 3.29. The summed E-state index contributed by atoms with van der Waals surface area (Å²) in [4.78, 5) is 4.09. The maximum Gasteiger partial charge on any atom is 0.315 e. The SMILES string of the molecule is Cc1nnc(NCCOc2nonc2C(N)=Nc2ccc(F)c(Cl)c2)o1. The molecule has 0 radical (unpaired) electrons. The number of nitrogens with two attached hydrogens (primary N) is 1. The Morgan fingerprint density at radius 2 is 2.23 bits per heavy atom. The minimum Gasteiger partial charge on any atom is -0.472 e.